The van der Waals surface area contributed by atoms with Gasteiger partial charge in [-0.05, 0) is 55.5 Å². The topological polar surface area (TPSA) is 83.9 Å². The highest BCUT2D eigenvalue weighted by atomic mass is 35.5. The fraction of sp³-hybridized carbons (Fsp3) is 0.357. The van der Waals surface area contributed by atoms with Gasteiger partial charge in [0.2, 0.25) is 0 Å². The minimum absolute atomic E-state index is 0.216. The van der Waals surface area contributed by atoms with Gasteiger partial charge in [0.25, 0.3) is 5.91 Å². The number of nitrogens with two attached hydrogens (primary N) is 1. The lowest BCUT2D eigenvalue weighted by Crippen LogP contribution is -2.27. The maximum Gasteiger partial charge on any atom is 0.287 e. The van der Waals surface area contributed by atoms with Gasteiger partial charge < -0.3 is 20.4 Å². The first kappa shape index (κ1) is 26.1. The second-order valence-electron chi connectivity index (χ2n) is 8.88. The van der Waals surface area contributed by atoms with Crippen molar-refractivity contribution in [1.29, 1.82) is 0 Å². The van der Waals surface area contributed by atoms with Gasteiger partial charge in [-0.25, -0.2) is 0 Å². The molecule has 1 saturated carbocycles. The van der Waals surface area contributed by atoms with Crippen LogP contribution < -0.4 is 16.0 Å². The summed E-state index contributed by atoms with van der Waals surface area (Å²) >= 11 is 11.8. The second kappa shape index (κ2) is 12.8. The van der Waals surface area contributed by atoms with Gasteiger partial charge in [0, 0.05) is 48.2 Å². The Hall–Kier alpha value is -2.96. The van der Waals surface area contributed by atoms with E-state index in [9.17, 15) is 4.79 Å². The summed E-state index contributed by atoms with van der Waals surface area (Å²) in [6.45, 7) is 2.10. The van der Waals surface area contributed by atoms with Gasteiger partial charge in [0.05, 0.1) is 6.04 Å². The van der Waals surface area contributed by atoms with Gasteiger partial charge in [0.1, 0.15) is 11.6 Å². The van der Waals surface area contributed by atoms with Crippen molar-refractivity contribution in [2.75, 3.05) is 36.3 Å². The summed E-state index contributed by atoms with van der Waals surface area (Å²) in [5.41, 5.74) is 10.2. The van der Waals surface area contributed by atoms with E-state index in [-0.39, 0.29) is 5.91 Å². The molecule has 0 bridgehead atoms. The zero-order valence-corrected chi connectivity index (χ0v) is 21.8. The Balaban J connectivity index is 1.24. The van der Waals surface area contributed by atoms with E-state index in [2.05, 4.69) is 39.5 Å². The number of carbonyl (C=O) groups is 1. The molecule has 3 aromatic rings. The molecule has 1 aliphatic carbocycles. The Morgan fingerprint density at radius 2 is 1.69 bits per heavy atom. The monoisotopic (exact) mass is 526 g/mol. The number of hydrogen-bond acceptors (Lipinski definition) is 4. The number of benzene rings is 2. The van der Waals surface area contributed by atoms with Crippen LogP contribution >= 0.6 is 23.2 Å². The van der Waals surface area contributed by atoms with Crippen LogP contribution in [0.4, 0.5) is 5.69 Å². The van der Waals surface area contributed by atoms with Crippen molar-refractivity contribution in [3.05, 3.63) is 77.6 Å². The molecule has 1 aliphatic rings. The number of amidine groups is 1. The van der Waals surface area contributed by atoms with E-state index in [4.69, 9.17) is 33.4 Å². The number of anilines is 1. The number of alkyl halides is 2. The average Bonchev–Trinajstić information content (AvgIpc) is 3.57. The van der Waals surface area contributed by atoms with Crippen molar-refractivity contribution >= 4 is 40.6 Å². The van der Waals surface area contributed by atoms with Crippen LogP contribution in [0.5, 0.6) is 0 Å². The summed E-state index contributed by atoms with van der Waals surface area (Å²) in [4.78, 5) is 19.2. The third-order valence-electron chi connectivity index (χ3n) is 6.10. The van der Waals surface area contributed by atoms with Crippen LogP contribution in [-0.2, 0) is 6.42 Å². The third kappa shape index (κ3) is 7.28. The SMILES string of the molecule is NC(=NC1CC1)c1ccc(-c2ccc(C(=O)NCCCc3ccc(N(CCCl)CCCl)cc3)o2)cc1. The number of halogens is 2. The fourth-order valence-electron chi connectivity index (χ4n) is 3.92. The van der Waals surface area contributed by atoms with E-state index in [1.807, 2.05) is 30.3 Å². The van der Waals surface area contributed by atoms with Crippen LogP contribution in [0.15, 0.2) is 70.1 Å². The van der Waals surface area contributed by atoms with Crippen molar-refractivity contribution in [3.63, 3.8) is 0 Å². The van der Waals surface area contributed by atoms with Gasteiger partial charge in [0.15, 0.2) is 5.76 Å². The molecular weight excluding hydrogens is 495 g/mol. The lowest BCUT2D eigenvalue weighted by molar-refractivity contribution is 0.0926. The molecule has 0 aliphatic heterocycles. The molecule has 0 radical (unpaired) electrons. The molecule has 1 heterocycles. The molecule has 0 saturated heterocycles. The molecule has 8 heteroatoms. The molecule has 1 amide bonds. The summed E-state index contributed by atoms with van der Waals surface area (Å²) < 4.78 is 5.80. The van der Waals surface area contributed by atoms with Crippen LogP contribution in [-0.4, -0.2) is 49.2 Å². The summed E-state index contributed by atoms with van der Waals surface area (Å²) in [7, 11) is 0. The molecule has 4 rings (SSSR count). The minimum Gasteiger partial charge on any atom is -0.451 e. The number of nitrogens with one attached hydrogen (secondary N) is 1. The zero-order valence-electron chi connectivity index (χ0n) is 20.3. The van der Waals surface area contributed by atoms with E-state index in [0.717, 1.165) is 55.6 Å². The highest BCUT2D eigenvalue weighted by molar-refractivity contribution is 6.18. The molecule has 6 nitrogen and oxygen atoms in total. The van der Waals surface area contributed by atoms with Crippen molar-refractivity contribution in [3.8, 4) is 11.3 Å². The van der Waals surface area contributed by atoms with Crippen molar-refractivity contribution < 1.29 is 9.21 Å². The maximum atomic E-state index is 12.5. The molecule has 36 heavy (non-hydrogen) atoms. The van der Waals surface area contributed by atoms with Crippen LogP contribution in [0.1, 0.15) is 40.9 Å². The molecular formula is C28H32Cl2N4O2. The minimum atomic E-state index is -0.216. The number of amides is 1. The Bertz CT molecular complexity index is 1150. The van der Waals surface area contributed by atoms with E-state index >= 15 is 0 Å². The third-order valence-corrected chi connectivity index (χ3v) is 6.44. The summed E-state index contributed by atoms with van der Waals surface area (Å²) in [6.07, 6.45) is 3.94. The van der Waals surface area contributed by atoms with Gasteiger partial charge in [-0.1, -0.05) is 36.4 Å². The highest BCUT2D eigenvalue weighted by Gasteiger charge is 2.20. The van der Waals surface area contributed by atoms with Crippen LogP contribution in [0.2, 0.25) is 0 Å². The smallest absolute Gasteiger partial charge is 0.287 e. The summed E-state index contributed by atoms with van der Waals surface area (Å²) in [5, 5.41) is 2.94. The second-order valence-corrected chi connectivity index (χ2v) is 9.63. The number of aliphatic imine (C=N–C) groups is 1. The predicted octanol–water partition coefficient (Wildman–Crippen LogP) is 5.46. The highest BCUT2D eigenvalue weighted by Crippen LogP contribution is 2.25. The van der Waals surface area contributed by atoms with Crippen molar-refractivity contribution in [2.45, 2.75) is 31.7 Å². The Morgan fingerprint density at radius 1 is 1.00 bits per heavy atom. The number of nitrogens with zero attached hydrogens (tertiary/aromatic N) is 2. The largest absolute Gasteiger partial charge is 0.451 e. The average molecular weight is 527 g/mol. The molecule has 1 aromatic heterocycles. The van der Waals surface area contributed by atoms with Gasteiger partial charge in [-0.15, -0.1) is 23.2 Å². The lowest BCUT2D eigenvalue weighted by Gasteiger charge is -2.23. The number of carbonyl (C=O) groups excluding carboxylic acids is 1. The molecule has 190 valence electrons. The summed E-state index contributed by atoms with van der Waals surface area (Å²) in [5.74, 6) is 2.42. The van der Waals surface area contributed by atoms with E-state index < -0.39 is 0 Å². The first-order valence-electron chi connectivity index (χ1n) is 12.4. The standard InChI is InChI=1S/C28H32Cl2N4O2/c29-15-18-34(19-16-30)24-11-3-20(4-12-24)2-1-17-32-28(35)26-14-13-25(36-26)21-5-7-22(8-6-21)27(31)33-23-9-10-23/h3-8,11-14,23H,1-2,9-10,15-19H2,(H2,31,33)(H,32,35). The Morgan fingerprint density at radius 3 is 2.33 bits per heavy atom. The van der Waals surface area contributed by atoms with E-state index in [0.29, 0.717) is 41.7 Å². The number of aryl methyl sites for hydroxylation is 1. The molecule has 0 atom stereocenters. The maximum absolute atomic E-state index is 12.5. The quantitative estimate of drug-likeness (QED) is 0.134. The summed E-state index contributed by atoms with van der Waals surface area (Å²) in [6, 6.07) is 20.0. The number of rotatable bonds is 13. The molecule has 0 spiro atoms. The first-order chi connectivity index (χ1) is 17.6. The molecule has 1 fully saturated rings. The molecule has 0 unspecified atom stereocenters. The fourth-order valence-corrected chi connectivity index (χ4v) is 4.33. The number of furan rings is 1. The van der Waals surface area contributed by atoms with Crippen LogP contribution in [0.25, 0.3) is 11.3 Å². The molecule has 2 aromatic carbocycles. The van der Waals surface area contributed by atoms with Crippen LogP contribution in [0.3, 0.4) is 0 Å². The van der Waals surface area contributed by atoms with Crippen LogP contribution in [0, 0.1) is 0 Å². The van der Waals surface area contributed by atoms with Gasteiger partial charge in [-0.3, -0.25) is 9.79 Å². The van der Waals surface area contributed by atoms with E-state index in [1.54, 1.807) is 6.07 Å². The van der Waals surface area contributed by atoms with Crippen molar-refractivity contribution in [1.82, 2.24) is 5.32 Å². The van der Waals surface area contributed by atoms with Crippen molar-refractivity contribution in [2.24, 2.45) is 10.7 Å². The van der Waals surface area contributed by atoms with E-state index in [1.165, 1.54) is 5.56 Å². The Labute approximate surface area is 222 Å². The number of hydrogen-bond donors (Lipinski definition) is 2. The molecule has 3 N–H and O–H groups in total. The Kier molecular flexibility index (Phi) is 9.31. The predicted molar refractivity (Wildman–Crippen MR) is 149 cm³/mol. The normalized spacial score (nSPS) is 13.6. The lowest BCUT2D eigenvalue weighted by atomic mass is 10.1. The van der Waals surface area contributed by atoms with Gasteiger partial charge in [-0.2, -0.15) is 0 Å². The first-order valence-corrected chi connectivity index (χ1v) is 13.4. The van der Waals surface area contributed by atoms with Gasteiger partial charge >= 0.3 is 0 Å². The zero-order chi connectivity index (χ0) is 25.3.